The molecule has 0 fully saturated rings. The second-order valence-corrected chi connectivity index (χ2v) is 5.41. The average molecular weight is 288 g/mol. The van der Waals surface area contributed by atoms with Crippen molar-refractivity contribution in [1.29, 1.82) is 0 Å². The van der Waals surface area contributed by atoms with Gasteiger partial charge in [0.2, 0.25) is 0 Å². The molecule has 0 spiro atoms. The molecule has 0 saturated heterocycles. The van der Waals surface area contributed by atoms with Crippen molar-refractivity contribution in [2.24, 2.45) is 0 Å². The molecule has 1 N–H and O–H groups in total. The number of hydrogen-bond acceptors (Lipinski definition) is 4. The van der Waals surface area contributed by atoms with Crippen LogP contribution in [0.4, 0.5) is 0 Å². The fraction of sp³-hybridized carbons (Fsp3) is 0.188. The van der Waals surface area contributed by atoms with Crippen molar-refractivity contribution in [2.45, 2.75) is 17.4 Å². The Morgan fingerprint density at radius 3 is 2.65 bits per heavy atom. The van der Waals surface area contributed by atoms with Crippen LogP contribution in [0.15, 0.2) is 59.5 Å². The number of hydrogen-bond donors (Lipinski definition) is 1. The summed E-state index contributed by atoms with van der Waals surface area (Å²) < 4.78 is 5.10. The first-order valence-corrected chi connectivity index (χ1v) is 7.08. The van der Waals surface area contributed by atoms with Gasteiger partial charge in [0.05, 0.1) is 13.2 Å². The van der Waals surface area contributed by atoms with Crippen LogP contribution in [0.2, 0.25) is 0 Å². The minimum atomic E-state index is -0.811. The third kappa shape index (κ3) is 4.11. The molecule has 1 atom stereocenters. The van der Waals surface area contributed by atoms with E-state index in [-0.39, 0.29) is 11.5 Å². The van der Waals surface area contributed by atoms with Gasteiger partial charge in [0.15, 0.2) is 5.12 Å². The summed E-state index contributed by atoms with van der Waals surface area (Å²) in [5.74, 6) is 0.671. The maximum absolute atomic E-state index is 11.9. The van der Waals surface area contributed by atoms with Gasteiger partial charge in [-0.2, -0.15) is 0 Å². The maximum atomic E-state index is 11.9. The van der Waals surface area contributed by atoms with Crippen LogP contribution >= 0.6 is 11.8 Å². The highest BCUT2D eigenvalue weighted by atomic mass is 32.2. The molecule has 0 heterocycles. The van der Waals surface area contributed by atoms with Crippen LogP contribution in [-0.4, -0.2) is 17.3 Å². The number of carbonyl (C=O) groups is 1. The standard InChI is InChI=1S/C16H16O3S/c1-19-13-7-5-6-12(10-13)15(17)11-16(18)20-14-8-3-2-4-9-14/h2-10,15,17H,11H2,1H3. The maximum Gasteiger partial charge on any atom is 0.196 e. The van der Waals surface area contributed by atoms with Crippen LogP contribution in [0.25, 0.3) is 0 Å². The van der Waals surface area contributed by atoms with E-state index in [1.54, 1.807) is 31.4 Å². The molecule has 2 aromatic carbocycles. The molecule has 20 heavy (non-hydrogen) atoms. The summed E-state index contributed by atoms with van der Waals surface area (Å²) in [6, 6.07) is 16.5. The number of ether oxygens (including phenoxy) is 1. The molecule has 0 aromatic heterocycles. The van der Waals surface area contributed by atoms with E-state index in [0.717, 1.165) is 16.7 Å². The van der Waals surface area contributed by atoms with Crippen LogP contribution in [0, 0.1) is 0 Å². The zero-order valence-corrected chi connectivity index (χ0v) is 12.0. The molecule has 0 aliphatic heterocycles. The van der Waals surface area contributed by atoms with Crippen LogP contribution in [0.3, 0.4) is 0 Å². The number of carbonyl (C=O) groups excluding carboxylic acids is 1. The summed E-state index contributed by atoms with van der Waals surface area (Å²) in [6.45, 7) is 0. The van der Waals surface area contributed by atoms with Crippen molar-refractivity contribution >= 4 is 16.9 Å². The lowest BCUT2D eigenvalue weighted by molar-refractivity contribution is -0.112. The van der Waals surface area contributed by atoms with Crippen molar-refractivity contribution in [2.75, 3.05) is 7.11 Å². The second kappa shape index (κ2) is 7.12. The Labute approximate surface area is 122 Å². The third-order valence-electron chi connectivity index (χ3n) is 2.81. The summed E-state index contributed by atoms with van der Waals surface area (Å²) in [7, 11) is 1.57. The zero-order chi connectivity index (χ0) is 14.4. The second-order valence-electron chi connectivity index (χ2n) is 4.28. The van der Waals surface area contributed by atoms with E-state index >= 15 is 0 Å². The van der Waals surface area contributed by atoms with Gasteiger partial charge in [-0.05, 0) is 29.8 Å². The van der Waals surface area contributed by atoms with E-state index in [1.165, 1.54) is 0 Å². The quantitative estimate of drug-likeness (QED) is 0.856. The molecule has 3 nitrogen and oxygen atoms in total. The van der Waals surface area contributed by atoms with Crippen LogP contribution in [-0.2, 0) is 4.79 Å². The van der Waals surface area contributed by atoms with Gasteiger partial charge in [0.25, 0.3) is 0 Å². The van der Waals surface area contributed by atoms with Crippen molar-refractivity contribution in [1.82, 2.24) is 0 Å². The normalized spacial score (nSPS) is 11.9. The molecule has 1 unspecified atom stereocenters. The van der Waals surface area contributed by atoms with Gasteiger partial charge in [-0.1, -0.05) is 42.1 Å². The van der Waals surface area contributed by atoms with Crippen LogP contribution in [0.5, 0.6) is 5.75 Å². The summed E-state index contributed by atoms with van der Waals surface area (Å²) in [5.41, 5.74) is 0.686. The molecule has 4 heteroatoms. The van der Waals surface area contributed by atoms with Crippen molar-refractivity contribution in [3.63, 3.8) is 0 Å². The molecule has 0 bridgehead atoms. The molecule has 0 amide bonds. The van der Waals surface area contributed by atoms with Gasteiger partial charge >= 0.3 is 0 Å². The lowest BCUT2D eigenvalue weighted by atomic mass is 10.1. The molecule has 0 aliphatic carbocycles. The minimum Gasteiger partial charge on any atom is -0.497 e. The molecule has 2 rings (SSSR count). The number of rotatable bonds is 5. The van der Waals surface area contributed by atoms with Crippen molar-refractivity contribution < 1.29 is 14.6 Å². The lowest BCUT2D eigenvalue weighted by Gasteiger charge is -2.11. The predicted octanol–water partition coefficient (Wildman–Crippen LogP) is 3.44. The Bertz CT molecular complexity index is 569. The van der Waals surface area contributed by atoms with Gasteiger partial charge in [0.1, 0.15) is 5.75 Å². The molecule has 0 radical (unpaired) electrons. The first-order valence-electron chi connectivity index (χ1n) is 6.27. The monoisotopic (exact) mass is 288 g/mol. The Morgan fingerprint density at radius 1 is 1.20 bits per heavy atom. The molecular formula is C16H16O3S. The van der Waals surface area contributed by atoms with Crippen LogP contribution in [0.1, 0.15) is 18.1 Å². The Balaban J connectivity index is 1.96. The largest absolute Gasteiger partial charge is 0.497 e. The van der Waals surface area contributed by atoms with Gasteiger partial charge in [0, 0.05) is 11.3 Å². The minimum absolute atomic E-state index is 0.0634. The van der Waals surface area contributed by atoms with Gasteiger partial charge in [-0.25, -0.2) is 0 Å². The van der Waals surface area contributed by atoms with Crippen LogP contribution < -0.4 is 4.74 Å². The predicted molar refractivity (Wildman–Crippen MR) is 79.9 cm³/mol. The van der Waals surface area contributed by atoms with E-state index in [0.29, 0.717) is 11.3 Å². The van der Waals surface area contributed by atoms with Crippen molar-refractivity contribution in [3.05, 3.63) is 60.2 Å². The van der Waals surface area contributed by atoms with Gasteiger partial charge in [-0.15, -0.1) is 0 Å². The van der Waals surface area contributed by atoms with E-state index < -0.39 is 6.10 Å². The number of thioether (sulfide) groups is 1. The molecule has 0 aliphatic rings. The highest BCUT2D eigenvalue weighted by Crippen LogP contribution is 2.26. The Morgan fingerprint density at radius 2 is 1.95 bits per heavy atom. The highest BCUT2D eigenvalue weighted by Gasteiger charge is 2.14. The van der Waals surface area contributed by atoms with Gasteiger partial charge in [-0.3, -0.25) is 4.79 Å². The Hall–Kier alpha value is -1.78. The smallest absolute Gasteiger partial charge is 0.196 e. The van der Waals surface area contributed by atoms with E-state index in [4.69, 9.17) is 4.74 Å². The van der Waals surface area contributed by atoms with E-state index in [9.17, 15) is 9.90 Å². The molecular weight excluding hydrogens is 272 g/mol. The summed E-state index contributed by atoms with van der Waals surface area (Å²) in [4.78, 5) is 12.8. The summed E-state index contributed by atoms with van der Waals surface area (Å²) in [5, 5.41) is 10.0. The number of aliphatic hydroxyl groups is 1. The molecule has 2 aromatic rings. The Kier molecular flexibility index (Phi) is 5.21. The van der Waals surface area contributed by atoms with Crippen molar-refractivity contribution in [3.8, 4) is 5.75 Å². The average Bonchev–Trinajstić information content (AvgIpc) is 2.48. The topological polar surface area (TPSA) is 46.5 Å². The highest BCUT2D eigenvalue weighted by molar-refractivity contribution is 8.13. The summed E-state index contributed by atoms with van der Waals surface area (Å²) >= 11 is 1.15. The SMILES string of the molecule is COc1cccc(C(O)CC(=O)Sc2ccccc2)c1. The number of benzene rings is 2. The zero-order valence-electron chi connectivity index (χ0n) is 11.2. The first-order chi connectivity index (χ1) is 9.69. The van der Waals surface area contributed by atoms with E-state index in [1.807, 2.05) is 30.3 Å². The lowest BCUT2D eigenvalue weighted by Crippen LogP contribution is -2.03. The molecule has 0 saturated carbocycles. The van der Waals surface area contributed by atoms with E-state index in [2.05, 4.69) is 0 Å². The number of aliphatic hydroxyl groups excluding tert-OH is 1. The first kappa shape index (κ1) is 14.6. The summed E-state index contributed by atoms with van der Waals surface area (Å²) in [6.07, 6.45) is -0.735. The third-order valence-corrected chi connectivity index (χ3v) is 3.72. The molecule has 104 valence electrons. The van der Waals surface area contributed by atoms with Gasteiger partial charge < -0.3 is 9.84 Å². The fourth-order valence-corrected chi connectivity index (χ4v) is 2.58. The number of methoxy groups -OCH3 is 1. The fourth-order valence-electron chi connectivity index (χ4n) is 1.79.